The number of rotatable bonds is 3. The molecule has 2 aromatic carbocycles. The van der Waals surface area contributed by atoms with Crippen molar-refractivity contribution < 1.29 is 4.74 Å². The van der Waals surface area contributed by atoms with E-state index in [9.17, 15) is 0 Å². The lowest BCUT2D eigenvalue weighted by atomic mass is 9.84. The van der Waals surface area contributed by atoms with E-state index in [1.807, 2.05) is 24.3 Å². The first-order valence-electron chi connectivity index (χ1n) is 7.36. The van der Waals surface area contributed by atoms with E-state index in [1.54, 1.807) is 0 Å². The van der Waals surface area contributed by atoms with E-state index in [2.05, 4.69) is 46.8 Å². The second-order valence-corrected chi connectivity index (χ2v) is 6.70. The van der Waals surface area contributed by atoms with Crippen LogP contribution in [0.4, 0.5) is 5.69 Å². The van der Waals surface area contributed by atoms with Crippen LogP contribution in [-0.2, 0) is 12.0 Å². The van der Waals surface area contributed by atoms with E-state index in [0.29, 0.717) is 6.61 Å². The summed E-state index contributed by atoms with van der Waals surface area (Å²) >= 11 is 0. The molecule has 0 unspecified atom stereocenters. The number of hydrogen-bond acceptors (Lipinski definition) is 2. The normalized spacial score (nSPS) is 11.5. The molecule has 0 bridgehead atoms. The number of anilines is 1. The third-order valence-electron chi connectivity index (χ3n) is 3.80. The van der Waals surface area contributed by atoms with Crippen LogP contribution in [-0.4, -0.2) is 0 Å². The van der Waals surface area contributed by atoms with Gasteiger partial charge in [-0.05, 0) is 53.6 Å². The Bertz CT molecular complexity index is 615. The van der Waals surface area contributed by atoms with Crippen LogP contribution in [0.5, 0.6) is 5.75 Å². The first-order valence-corrected chi connectivity index (χ1v) is 7.36. The van der Waals surface area contributed by atoms with Crippen molar-refractivity contribution in [2.24, 2.45) is 0 Å². The molecule has 0 spiro atoms. The van der Waals surface area contributed by atoms with Crippen molar-refractivity contribution in [3.05, 3.63) is 58.7 Å². The van der Waals surface area contributed by atoms with Gasteiger partial charge >= 0.3 is 0 Å². The van der Waals surface area contributed by atoms with E-state index in [4.69, 9.17) is 10.5 Å². The average molecular weight is 283 g/mol. The van der Waals surface area contributed by atoms with Gasteiger partial charge in [0.25, 0.3) is 0 Å². The van der Waals surface area contributed by atoms with Gasteiger partial charge in [-0.3, -0.25) is 0 Å². The highest BCUT2D eigenvalue weighted by Crippen LogP contribution is 2.27. The van der Waals surface area contributed by atoms with E-state index in [1.165, 1.54) is 22.3 Å². The lowest BCUT2D eigenvalue weighted by molar-refractivity contribution is 0.304. The second-order valence-electron chi connectivity index (χ2n) is 6.70. The standard InChI is InChI=1S/C19H25NO/c1-13-9-15(19(3,4)5)10-14(2)18(13)12-21-17-8-6-7-16(20)11-17/h6-11H,12,20H2,1-5H3. The van der Waals surface area contributed by atoms with Gasteiger partial charge in [0.05, 0.1) is 0 Å². The molecule has 0 heterocycles. The van der Waals surface area contributed by atoms with Crippen molar-refractivity contribution in [2.45, 2.75) is 46.6 Å². The van der Waals surface area contributed by atoms with Crippen LogP contribution in [0.1, 0.15) is 43.0 Å². The third kappa shape index (κ3) is 3.78. The molecule has 0 saturated heterocycles. The van der Waals surface area contributed by atoms with Gasteiger partial charge in [0.15, 0.2) is 0 Å². The van der Waals surface area contributed by atoms with Crippen LogP contribution < -0.4 is 10.5 Å². The van der Waals surface area contributed by atoms with Gasteiger partial charge in [-0.25, -0.2) is 0 Å². The first-order chi connectivity index (χ1) is 9.77. The molecule has 0 saturated carbocycles. The van der Waals surface area contributed by atoms with Crippen molar-refractivity contribution in [2.75, 3.05) is 5.73 Å². The molecule has 2 aromatic rings. The molecule has 0 aromatic heterocycles. The lowest BCUT2D eigenvalue weighted by Gasteiger charge is -2.22. The molecule has 112 valence electrons. The summed E-state index contributed by atoms with van der Waals surface area (Å²) in [5, 5.41) is 0. The quantitative estimate of drug-likeness (QED) is 0.824. The summed E-state index contributed by atoms with van der Waals surface area (Å²) in [6.45, 7) is 11.6. The Morgan fingerprint density at radius 3 is 2.14 bits per heavy atom. The summed E-state index contributed by atoms with van der Waals surface area (Å²) in [6, 6.07) is 12.1. The highest BCUT2D eigenvalue weighted by molar-refractivity contribution is 5.44. The smallest absolute Gasteiger partial charge is 0.121 e. The highest BCUT2D eigenvalue weighted by Gasteiger charge is 2.16. The van der Waals surface area contributed by atoms with Crippen molar-refractivity contribution in [3.8, 4) is 5.75 Å². The summed E-state index contributed by atoms with van der Waals surface area (Å²) in [6.07, 6.45) is 0. The molecular weight excluding hydrogens is 258 g/mol. The third-order valence-corrected chi connectivity index (χ3v) is 3.80. The lowest BCUT2D eigenvalue weighted by Crippen LogP contribution is -2.13. The summed E-state index contributed by atoms with van der Waals surface area (Å²) in [7, 11) is 0. The summed E-state index contributed by atoms with van der Waals surface area (Å²) < 4.78 is 5.88. The molecule has 0 amide bonds. The monoisotopic (exact) mass is 283 g/mol. The fourth-order valence-corrected chi connectivity index (χ4v) is 2.41. The molecular formula is C19H25NO. The Balaban J connectivity index is 2.21. The molecule has 0 fully saturated rings. The van der Waals surface area contributed by atoms with Gasteiger partial charge in [-0.1, -0.05) is 39.0 Å². The first kappa shape index (κ1) is 15.4. The maximum absolute atomic E-state index is 5.88. The number of hydrogen-bond donors (Lipinski definition) is 1. The molecule has 0 atom stereocenters. The van der Waals surface area contributed by atoms with Gasteiger partial charge in [-0.2, -0.15) is 0 Å². The second kappa shape index (κ2) is 5.80. The predicted octanol–water partition coefficient (Wildman–Crippen LogP) is 4.76. The number of aryl methyl sites for hydroxylation is 2. The minimum absolute atomic E-state index is 0.169. The summed E-state index contributed by atoms with van der Waals surface area (Å²) in [5.41, 5.74) is 11.9. The van der Waals surface area contributed by atoms with Gasteiger partial charge in [0.2, 0.25) is 0 Å². The topological polar surface area (TPSA) is 35.2 Å². The van der Waals surface area contributed by atoms with Gasteiger partial charge < -0.3 is 10.5 Å². The molecule has 0 aliphatic carbocycles. The number of benzene rings is 2. The molecule has 2 nitrogen and oxygen atoms in total. The molecule has 0 radical (unpaired) electrons. The molecule has 2 heteroatoms. The van der Waals surface area contributed by atoms with Crippen molar-refractivity contribution >= 4 is 5.69 Å². The van der Waals surface area contributed by atoms with Crippen LogP contribution in [0.15, 0.2) is 36.4 Å². The van der Waals surface area contributed by atoms with Crippen molar-refractivity contribution in [3.63, 3.8) is 0 Å². The predicted molar refractivity (Wildman–Crippen MR) is 89.8 cm³/mol. The molecule has 21 heavy (non-hydrogen) atoms. The van der Waals surface area contributed by atoms with Gasteiger partial charge in [0.1, 0.15) is 12.4 Å². The van der Waals surface area contributed by atoms with Crippen LogP contribution in [0, 0.1) is 13.8 Å². The van der Waals surface area contributed by atoms with E-state index in [-0.39, 0.29) is 5.41 Å². The highest BCUT2D eigenvalue weighted by atomic mass is 16.5. The Hall–Kier alpha value is -1.96. The van der Waals surface area contributed by atoms with Crippen molar-refractivity contribution in [1.82, 2.24) is 0 Å². The Morgan fingerprint density at radius 2 is 1.62 bits per heavy atom. The Morgan fingerprint density at radius 1 is 1.00 bits per heavy atom. The summed E-state index contributed by atoms with van der Waals surface area (Å²) in [5.74, 6) is 0.814. The number of nitrogens with two attached hydrogens (primary N) is 1. The number of nitrogen functional groups attached to an aromatic ring is 1. The maximum Gasteiger partial charge on any atom is 0.121 e. The fourth-order valence-electron chi connectivity index (χ4n) is 2.41. The molecule has 2 rings (SSSR count). The maximum atomic E-state index is 5.88. The zero-order chi connectivity index (χ0) is 15.6. The molecule has 0 aliphatic rings. The minimum atomic E-state index is 0.169. The fraction of sp³-hybridized carbons (Fsp3) is 0.368. The molecule has 0 aliphatic heterocycles. The largest absolute Gasteiger partial charge is 0.489 e. The van der Waals surface area contributed by atoms with Crippen LogP contribution >= 0.6 is 0 Å². The minimum Gasteiger partial charge on any atom is -0.489 e. The van der Waals surface area contributed by atoms with Crippen LogP contribution in [0.3, 0.4) is 0 Å². The van der Waals surface area contributed by atoms with E-state index in [0.717, 1.165) is 11.4 Å². The van der Waals surface area contributed by atoms with Gasteiger partial charge in [-0.15, -0.1) is 0 Å². The zero-order valence-electron chi connectivity index (χ0n) is 13.7. The Kier molecular flexibility index (Phi) is 4.26. The van der Waals surface area contributed by atoms with E-state index < -0.39 is 0 Å². The average Bonchev–Trinajstić information content (AvgIpc) is 2.36. The van der Waals surface area contributed by atoms with Gasteiger partial charge in [0, 0.05) is 11.8 Å². The van der Waals surface area contributed by atoms with E-state index >= 15 is 0 Å². The van der Waals surface area contributed by atoms with Crippen LogP contribution in [0.25, 0.3) is 0 Å². The SMILES string of the molecule is Cc1cc(C(C)(C)C)cc(C)c1COc1cccc(N)c1. The Labute approximate surface area is 127 Å². The van der Waals surface area contributed by atoms with Crippen LogP contribution in [0.2, 0.25) is 0 Å². The summed E-state index contributed by atoms with van der Waals surface area (Å²) in [4.78, 5) is 0. The number of ether oxygens (including phenoxy) is 1. The molecule has 2 N–H and O–H groups in total. The van der Waals surface area contributed by atoms with Crippen molar-refractivity contribution in [1.29, 1.82) is 0 Å². The zero-order valence-corrected chi connectivity index (χ0v) is 13.7.